The number of fused-ring (bicyclic) bond motifs is 1. The third kappa shape index (κ3) is 1.91. The van der Waals surface area contributed by atoms with Crippen LogP contribution in [-0.4, -0.2) is 0 Å². The van der Waals surface area contributed by atoms with Gasteiger partial charge in [-0.1, -0.05) is 59.0 Å². The van der Waals surface area contributed by atoms with E-state index in [0.717, 1.165) is 0 Å². The summed E-state index contributed by atoms with van der Waals surface area (Å²) in [6.07, 6.45) is 2.10. The van der Waals surface area contributed by atoms with Crippen LogP contribution in [0, 0.1) is 0 Å². The van der Waals surface area contributed by atoms with Crippen molar-refractivity contribution in [3.05, 3.63) is 52.1 Å². The second-order valence-corrected chi connectivity index (χ2v) is 3.62. The summed E-state index contributed by atoms with van der Waals surface area (Å²) in [7, 11) is 0. The molecule has 0 aliphatic heterocycles. The summed E-state index contributed by atoms with van der Waals surface area (Å²) in [6.45, 7) is 0. The maximum atomic E-state index is 2.23. The second-order valence-electron chi connectivity index (χ2n) is 2.90. The van der Waals surface area contributed by atoms with E-state index in [1.807, 2.05) is 4.08 Å². The first-order valence-corrected chi connectivity index (χ1v) is 5.40. The molecule has 0 radical (unpaired) electrons. The van der Waals surface area contributed by atoms with Crippen LogP contribution in [0.15, 0.2) is 46.5 Å². The molecule has 0 N–H and O–H groups in total. The summed E-state index contributed by atoms with van der Waals surface area (Å²) in [5, 5.41) is 2.60. The van der Waals surface area contributed by atoms with Gasteiger partial charge in [0.25, 0.3) is 0 Å². The summed E-state index contributed by atoms with van der Waals surface area (Å²) in [6, 6.07) is 14.9. The molecule has 1 heteroatoms. The standard InChI is InChI=1S/C12H9I/c13-8-7-10-5-6-11-3-1-2-4-12(11)9-10/h1-9H/b8-7-. The van der Waals surface area contributed by atoms with Crippen molar-refractivity contribution in [2.24, 2.45) is 0 Å². The van der Waals surface area contributed by atoms with Gasteiger partial charge in [-0.05, 0) is 32.6 Å². The Morgan fingerprint density at radius 1 is 0.923 bits per heavy atom. The molecule has 2 aromatic carbocycles. The summed E-state index contributed by atoms with van der Waals surface area (Å²) >= 11 is 2.23. The summed E-state index contributed by atoms with van der Waals surface area (Å²) in [5.41, 5.74) is 1.26. The van der Waals surface area contributed by atoms with Crippen molar-refractivity contribution < 1.29 is 0 Å². The molecule has 0 atom stereocenters. The highest BCUT2D eigenvalue weighted by Crippen LogP contribution is 2.16. The van der Waals surface area contributed by atoms with Crippen molar-refractivity contribution in [1.82, 2.24) is 0 Å². The van der Waals surface area contributed by atoms with E-state index in [1.54, 1.807) is 0 Å². The van der Waals surface area contributed by atoms with E-state index in [1.165, 1.54) is 16.3 Å². The Bertz CT molecular complexity index is 444. The quantitative estimate of drug-likeness (QED) is 0.685. The average molecular weight is 280 g/mol. The van der Waals surface area contributed by atoms with Gasteiger partial charge in [-0.25, -0.2) is 0 Å². The van der Waals surface area contributed by atoms with Gasteiger partial charge in [0.05, 0.1) is 0 Å². The highest BCUT2D eigenvalue weighted by atomic mass is 127. The normalized spacial score (nSPS) is 11.2. The number of rotatable bonds is 1. The average Bonchev–Trinajstić information content (AvgIpc) is 2.18. The first kappa shape index (κ1) is 8.75. The molecule has 0 saturated heterocycles. The number of hydrogen-bond acceptors (Lipinski definition) is 0. The number of benzene rings is 2. The molecule has 13 heavy (non-hydrogen) atoms. The molecule has 0 unspecified atom stereocenters. The fraction of sp³-hybridized carbons (Fsp3) is 0. The van der Waals surface area contributed by atoms with E-state index >= 15 is 0 Å². The van der Waals surface area contributed by atoms with Crippen LogP contribution < -0.4 is 0 Å². The predicted octanol–water partition coefficient (Wildman–Crippen LogP) is 4.25. The molecule has 0 saturated carbocycles. The molecule has 0 aliphatic rings. The minimum atomic E-state index is 1.26. The maximum absolute atomic E-state index is 2.23. The van der Waals surface area contributed by atoms with Crippen molar-refractivity contribution in [3.63, 3.8) is 0 Å². The lowest BCUT2D eigenvalue weighted by molar-refractivity contribution is 1.71. The van der Waals surface area contributed by atoms with Crippen molar-refractivity contribution in [2.75, 3.05) is 0 Å². The SMILES string of the molecule is I/C=C\c1ccc2ccccc2c1. The molecule has 0 amide bonds. The molecule has 2 aromatic rings. The first-order chi connectivity index (χ1) is 6.40. The van der Waals surface area contributed by atoms with Crippen LogP contribution >= 0.6 is 22.6 Å². The van der Waals surface area contributed by atoms with E-state index < -0.39 is 0 Å². The fourth-order valence-corrected chi connectivity index (χ4v) is 1.80. The van der Waals surface area contributed by atoms with Crippen molar-refractivity contribution in [2.45, 2.75) is 0 Å². The van der Waals surface area contributed by atoms with Crippen molar-refractivity contribution >= 4 is 39.4 Å². The highest BCUT2D eigenvalue weighted by Gasteiger charge is 1.91. The Labute approximate surface area is 91.4 Å². The van der Waals surface area contributed by atoms with Gasteiger partial charge in [-0.3, -0.25) is 0 Å². The number of halogens is 1. The zero-order valence-electron chi connectivity index (χ0n) is 7.07. The zero-order chi connectivity index (χ0) is 9.10. The fourth-order valence-electron chi connectivity index (χ4n) is 1.38. The van der Waals surface area contributed by atoms with Gasteiger partial charge in [0, 0.05) is 0 Å². The molecule has 2 rings (SSSR count). The zero-order valence-corrected chi connectivity index (χ0v) is 9.23. The Balaban J connectivity index is 2.62. The van der Waals surface area contributed by atoms with Gasteiger partial charge in [0.15, 0.2) is 0 Å². The largest absolute Gasteiger partial charge is 0.0616 e. The van der Waals surface area contributed by atoms with Gasteiger partial charge >= 0.3 is 0 Å². The lowest BCUT2D eigenvalue weighted by Crippen LogP contribution is -1.73. The van der Waals surface area contributed by atoms with Crippen LogP contribution in [0.25, 0.3) is 16.8 Å². The summed E-state index contributed by atoms with van der Waals surface area (Å²) in [4.78, 5) is 0. The lowest BCUT2D eigenvalue weighted by atomic mass is 10.1. The predicted molar refractivity (Wildman–Crippen MR) is 67.0 cm³/mol. The lowest BCUT2D eigenvalue weighted by Gasteiger charge is -1.98. The van der Waals surface area contributed by atoms with Crippen LogP contribution in [0.3, 0.4) is 0 Å². The molecule has 0 fully saturated rings. The summed E-state index contributed by atoms with van der Waals surface area (Å²) in [5.74, 6) is 0. The van der Waals surface area contributed by atoms with Gasteiger partial charge in [0.2, 0.25) is 0 Å². The maximum Gasteiger partial charge on any atom is -0.0178 e. The first-order valence-electron chi connectivity index (χ1n) is 4.16. The molecule has 64 valence electrons. The van der Waals surface area contributed by atoms with Gasteiger partial charge in [-0.15, -0.1) is 0 Å². The van der Waals surface area contributed by atoms with E-state index in [0.29, 0.717) is 0 Å². The Kier molecular flexibility index (Phi) is 2.64. The molecular weight excluding hydrogens is 271 g/mol. The minimum Gasteiger partial charge on any atom is -0.0616 e. The number of hydrogen-bond donors (Lipinski definition) is 0. The molecule has 0 nitrogen and oxygen atoms in total. The molecule has 0 aromatic heterocycles. The molecule has 0 heterocycles. The van der Waals surface area contributed by atoms with E-state index in [2.05, 4.69) is 71.1 Å². The molecule has 0 bridgehead atoms. The van der Waals surface area contributed by atoms with Gasteiger partial charge < -0.3 is 0 Å². The Morgan fingerprint density at radius 2 is 1.69 bits per heavy atom. The van der Waals surface area contributed by atoms with Gasteiger partial charge in [0.1, 0.15) is 0 Å². The highest BCUT2D eigenvalue weighted by molar-refractivity contribution is 14.1. The molecule has 0 spiro atoms. The summed E-state index contributed by atoms with van der Waals surface area (Å²) < 4.78 is 2.03. The molecule has 0 aliphatic carbocycles. The van der Waals surface area contributed by atoms with E-state index in [4.69, 9.17) is 0 Å². The van der Waals surface area contributed by atoms with Crippen LogP contribution in [0.2, 0.25) is 0 Å². The van der Waals surface area contributed by atoms with Crippen LogP contribution in [0.4, 0.5) is 0 Å². The molecular formula is C12H9I. The Morgan fingerprint density at radius 3 is 2.46 bits per heavy atom. The van der Waals surface area contributed by atoms with E-state index in [9.17, 15) is 0 Å². The van der Waals surface area contributed by atoms with Crippen molar-refractivity contribution in [3.8, 4) is 0 Å². The minimum absolute atomic E-state index is 1.26. The topological polar surface area (TPSA) is 0 Å². The monoisotopic (exact) mass is 280 g/mol. The van der Waals surface area contributed by atoms with Crippen LogP contribution in [-0.2, 0) is 0 Å². The van der Waals surface area contributed by atoms with E-state index in [-0.39, 0.29) is 0 Å². The third-order valence-electron chi connectivity index (χ3n) is 2.03. The van der Waals surface area contributed by atoms with Crippen LogP contribution in [0.1, 0.15) is 5.56 Å². The Hall–Kier alpha value is -0.830. The van der Waals surface area contributed by atoms with Gasteiger partial charge in [-0.2, -0.15) is 0 Å². The smallest absolute Gasteiger partial charge is 0.0178 e. The second kappa shape index (κ2) is 3.92. The van der Waals surface area contributed by atoms with Crippen molar-refractivity contribution in [1.29, 1.82) is 0 Å². The van der Waals surface area contributed by atoms with Crippen LogP contribution in [0.5, 0.6) is 0 Å². The third-order valence-corrected chi connectivity index (χ3v) is 2.39.